The highest BCUT2D eigenvalue weighted by Crippen LogP contribution is 2.09. The van der Waals surface area contributed by atoms with Crippen molar-refractivity contribution in [3.63, 3.8) is 0 Å². The zero-order valence-electron chi connectivity index (χ0n) is 20.4. The van der Waals surface area contributed by atoms with E-state index in [4.69, 9.17) is 15.9 Å². The number of rotatable bonds is 15. The second-order valence-corrected chi connectivity index (χ2v) is 8.28. The number of carbonyl (C=O) groups is 3. The van der Waals surface area contributed by atoms with E-state index >= 15 is 0 Å². The number of nitrogen functional groups attached to an aromatic ring is 1. The quantitative estimate of drug-likeness (QED) is 0.132. The zero-order chi connectivity index (χ0) is 25.5. The molecule has 0 heterocycles. The summed E-state index contributed by atoms with van der Waals surface area (Å²) in [5.74, 6) is -0.656. The van der Waals surface area contributed by atoms with Gasteiger partial charge in [0.15, 0.2) is 0 Å². The summed E-state index contributed by atoms with van der Waals surface area (Å²) in [4.78, 5) is 36.0. The van der Waals surface area contributed by atoms with Gasteiger partial charge in [-0.15, -0.1) is 0 Å². The number of esters is 1. The van der Waals surface area contributed by atoms with Gasteiger partial charge in [0.1, 0.15) is 5.84 Å². The van der Waals surface area contributed by atoms with Crippen LogP contribution in [0.25, 0.3) is 0 Å². The molecule has 0 bridgehead atoms. The number of amides is 2. The third-order valence-electron chi connectivity index (χ3n) is 5.54. The van der Waals surface area contributed by atoms with Crippen LogP contribution in [0.3, 0.4) is 0 Å². The first-order valence-corrected chi connectivity index (χ1v) is 12.2. The normalized spacial score (nSPS) is 10.4. The molecule has 5 N–H and O–H groups in total. The third-order valence-corrected chi connectivity index (χ3v) is 5.54. The number of nitrogens with two attached hydrogens (primary N) is 1. The number of benzene rings is 2. The van der Waals surface area contributed by atoms with Gasteiger partial charge in [-0.2, -0.15) is 0 Å². The Balaban J connectivity index is 1.47. The highest BCUT2D eigenvalue weighted by Gasteiger charge is 2.09. The van der Waals surface area contributed by atoms with Crippen molar-refractivity contribution >= 4 is 23.6 Å². The molecule has 2 aromatic carbocycles. The number of ether oxygens (including phenoxy) is 1. The van der Waals surface area contributed by atoms with Crippen molar-refractivity contribution in [1.82, 2.24) is 10.6 Å². The van der Waals surface area contributed by atoms with Crippen molar-refractivity contribution in [2.24, 2.45) is 5.73 Å². The number of amidine groups is 1. The van der Waals surface area contributed by atoms with Crippen LogP contribution in [0.4, 0.5) is 0 Å². The van der Waals surface area contributed by atoms with E-state index in [1.807, 2.05) is 0 Å². The fourth-order valence-corrected chi connectivity index (χ4v) is 3.52. The summed E-state index contributed by atoms with van der Waals surface area (Å²) < 4.78 is 4.94. The van der Waals surface area contributed by atoms with Crippen molar-refractivity contribution in [1.29, 1.82) is 5.41 Å². The molecule has 2 rings (SSSR count). The molecule has 0 unspecified atom stereocenters. The second kappa shape index (κ2) is 15.3. The van der Waals surface area contributed by atoms with Crippen LogP contribution in [0.5, 0.6) is 0 Å². The van der Waals surface area contributed by atoms with Gasteiger partial charge in [-0.05, 0) is 56.2 Å². The number of nitrogens with one attached hydrogen (secondary N) is 3. The number of carbonyl (C=O) groups excluding carboxylic acids is 3. The van der Waals surface area contributed by atoms with E-state index in [1.54, 1.807) is 55.5 Å². The monoisotopic (exact) mass is 480 g/mol. The Morgan fingerprint density at radius 2 is 1.06 bits per heavy atom. The topological polar surface area (TPSA) is 134 Å². The van der Waals surface area contributed by atoms with E-state index in [-0.39, 0.29) is 23.6 Å². The lowest BCUT2D eigenvalue weighted by molar-refractivity contribution is 0.0526. The molecule has 0 atom stereocenters. The van der Waals surface area contributed by atoms with Crippen LogP contribution in [-0.4, -0.2) is 43.3 Å². The first-order valence-electron chi connectivity index (χ1n) is 12.2. The molecule has 0 aliphatic rings. The summed E-state index contributed by atoms with van der Waals surface area (Å²) in [6, 6.07) is 13.2. The molecule has 35 heavy (non-hydrogen) atoms. The average Bonchev–Trinajstić information content (AvgIpc) is 2.87. The van der Waals surface area contributed by atoms with Crippen molar-refractivity contribution in [3.8, 4) is 0 Å². The lowest BCUT2D eigenvalue weighted by Gasteiger charge is -2.07. The van der Waals surface area contributed by atoms with E-state index in [0.29, 0.717) is 42.0 Å². The maximum atomic E-state index is 12.2. The lowest BCUT2D eigenvalue weighted by Crippen LogP contribution is -2.24. The molecule has 188 valence electrons. The van der Waals surface area contributed by atoms with Crippen LogP contribution in [-0.2, 0) is 4.74 Å². The van der Waals surface area contributed by atoms with Crippen LogP contribution in [0.15, 0.2) is 48.5 Å². The van der Waals surface area contributed by atoms with Gasteiger partial charge in [-0.1, -0.05) is 44.2 Å². The minimum Gasteiger partial charge on any atom is -0.462 e. The summed E-state index contributed by atoms with van der Waals surface area (Å²) in [7, 11) is 0. The van der Waals surface area contributed by atoms with Crippen LogP contribution >= 0.6 is 0 Å². The van der Waals surface area contributed by atoms with E-state index < -0.39 is 0 Å². The minimum atomic E-state index is -0.387. The van der Waals surface area contributed by atoms with E-state index in [0.717, 1.165) is 44.9 Å². The molecule has 0 saturated carbocycles. The number of unbranched alkanes of at least 4 members (excludes halogenated alkanes) is 6. The summed E-state index contributed by atoms with van der Waals surface area (Å²) in [5, 5.41) is 13.2. The molecular formula is C27H36N4O4. The predicted octanol–water partition coefficient (Wildman–Crippen LogP) is 4.04. The average molecular weight is 481 g/mol. The highest BCUT2D eigenvalue weighted by molar-refractivity contribution is 5.98. The number of hydrogen-bond acceptors (Lipinski definition) is 5. The van der Waals surface area contributed by atoms with Gasteiger partial charge in [0, 0.05) is 29.8 Å². The van der Waals surface area contributed by atoms with E-state index in [1.165, 1.54) is 0 Å². The van der Waals surface area contributed by atoms with Crippen LogP contribution in [0, 0.1) is 5.41 Å². The molecule has 0 spiro atoms. The highest BCUT2D eigenvalue weighted by atomic mass is 16.5. The molecular weight excluding hydrogens is 444 g/mol. The van der Waals surface area contributed by atoms with Crippen LogP contribution in [0.2, 0.25) is 0 Å². The summed E-state index contributed by atoms with van der Waals surface area (Å²) >= 11 is 0. The Kier molecular flexibility index (Phi) is 12.0. The van der Waals surface area contributed by atoms with Crippen LogP contribution < -0.4 is 16.4 Å². The molecule has 0 saturated heterocycles. The van der Waals surface area contributed by atoms with E-state index in [9.17, 15) is 14.4 Å². The van der Waals surface area contributed by atoms with Gasteiger partial charge in [0.25, 0.3) is 11.8 Å². The molecule has 8 heteroatoms. The maximum Gasteiger partial charge on any atom is 0.338 e. The molecule has 0 radical (unpaired) electrons. The Bertz CT molecular complexity index is 972. The maximum absolute atomic E-state index is 12.2. The SMILES string of the molecule is CCOC(=O)c1ccc(C(=O)NCCCCCCCCCNC(=O)c2ccc(C(=N)N)cc2)cc1. The molecule has 2 amide bonds. The summed E-state index contributed by atoms with van der Waals surface area (Å²) in [6.07, 6.45) is 7.32. The first kappa shape index (κ1) is 27.6. The molecule has 0 aliphatic carbocycles. The Morgan fingerprint density at radius 1 is 0.686 bits per heavy atom. The second-order valence-electron chi connectivity index (χ2n) is 8.28. The Labute approximate surface area is 207 Å². The Hall–Kier alpha value is -3.68. The smallest absolute Gasteiger partial charge is 0.338 e. The van der Waals surface area contributed by atoms with Gasteiger partial charge in [0.2, 0.25) is 0 Å². The van der Waals surface area contributed by atoms with Crippen LogP contribution in [0.1, 0.15) is 88.5 Å². The standard InChI is InChI=1S/C27H36N4O4/c1-2-35-27(34)23-16-14-22(15-17-23)26(33)31-19-9-7-5-3-4-6-8-18-30-25(32)21-12-10-20(11-13-21)24(28)29/h10-17H,2-9,18-19H2,1H3,(H3,28,29)(H,30,32)(H,31,33). The lowest BCUT2D eigenvalue weighted by atomic mass is 10.1. The molecule has 0 fully saturated rings. The van der Waals surface area contributed by atoms with Crippen molar-refractivity contribution in [2.75, 3.05) is 19.7 Å². The number of hydrogen-bond donors (Lipinski definition) is 4. The predicted molar refractivity (Wildman–Crippen MR) is 137 cm³/mol. The van der Waals surface area contributed by atoms with E-state index in [2.05, 4.69) is 10.6 Å². The van der Waals surface area contributed by atoms with Gasteiger partial charge >= 0.3 is 5.97 Å². The zero-order valence-corrected chi connectivity index (χ0v) is 20.4. The van der Waals surface area contributed by atoms with Crippen molar-refractivity contribution in [2.45, 2.75) is 51.9 Å². The van der Waals surface area contributed by atoms with Gasteiger partial charge in [0.05, 0.1) is 12.2 Å². The Morgan fingerprint density at radius 3 is 1.46 bits per heavy atom. The molecule has 0 aromatic heterocycles. The molecule has 8 nitrogen and oxygen atoms in total. The molecule has 2 aromatic rings. The fraction of sp³-hybridized carbons (Fsp3) is 0.407. The van der Waals surface area contributed by atoms with Gasteiger partial charge < -0.3 is 21.1 Å². The minimum absolute atomic E-state index is 0.0130. The third kappa shape index (κ3) is 10.00. The first-order chi connectivity index (χ1) is 16.9. The van der Waals surface area contributed by atoms with Gasteiger partial charge in [-0.3, -0.25) is 15.0 Å². The van der Waals surface area contributed by atoms with Crippen molar-refractivity contribution < 1.29 is 19.1 Å². The van der Waals surface area contributed by atoms with Gasteiger partial charge in [-0.25, -0.2) is 4.79 Å². The largest absolute Gasteiger partial charge is 0.462 e. The fourth-order valence-electron chi connectivity index (χ4n) is 3.52. The summed E-state index contributed by atoms with van der Waals surface area (Å²) in [5.41, 5.74) is 7.55. The molecule has 0 aliphatic heterocycles. The van der Waals surface area contributed by atoms with Crippen molar-refractivity contribution in [3.05, 3.63) is 70.8 Å². The summed E-state index contributed by atoms with van der Waals surface area (Å²) in [6.45, 7) is 3.33.